The van der Waals surface area contributed by atoms with Crippen molar-refractivity contribution in [3.8, 4) is 22.6 Å². The molecule has 0 bridgehead atoms. The number of phenolic OH excluding ortho intramolecular Hbond substituents is 2. The van der Waals surface area contributed by atoms with E-state index in [4.69, 9.17) is 0 Å². The Morgan fingerprint density at radius 3 is 1.17 bits per heavy atom. The Morgan fingerprint density at radius 1 is 0.481 bits per heavy atom. The molecule has 0 atom stereocenters. The lowest BCUT2D eigenvalue weighted by molar-refractivity contribution is -0.138. The summed E-state index contributed by atoms with van der Waals surface area (Å²) in [6, 6.07) is 17.5. The second-order valence-electron chi connectivity index (χ2n) is 11.4. The van der Waals surface area contributed by atoms with Crippen LogP contribution in [0.3, 0.4) is 0 Å². The van der Waals surface area contributed by atoms with Crippen LogP contribution in [0.25, 0.3) is 32.7 Å². The highest BCUT2D eigenvalue weighted by Crippen LogP contribution is 2.46. The van der Waals surface area contributed by atoms with E-state index in [1.165, 1.54) is 48.5 Å². The fourth-order valence-electron chi connectivity index (χ4n) is 5.44. The van der Waals surface area contributed by atoms with Gasteiger partial charge >= 0.3 is 12.4 Å². The van der Waals surface area contributed by atoms with Crippen molar-refractivity contribution < 1.29 is 62.5 Å². The molecule has 20 heteroatoms. The van der Waals surface area contributed by atoms with E-state index in [1.807, 2.05) is 0 Å². The number of aromatic hydroxyl groups is 2. The number of halogens is 6. The van der Waals surface area contributed by atoms with E-state index in [2.05, 4.69) is 20.5 Å². The molecule has 4 N–H and O–H groups in total. The maximum atomic E-state index is 14.3. The summed E-state index contributed by atoms with van der Waals surface area (Å²) in [5.41, 5.74) is -7.52. The minimum atomic E-state index is -5.20. The number of hydrogen-bond donors (Lipinski definition) is 4. The van der Waals surface area contributed by atoms with Crippen LogP contribution in [-0.2, 0) is 32.6 Å². The first-order chi connectivity index (χ1) is 25.1. The van der Waals surface area contributed by atoms with Crippen LogP contribution in [-0.4, -0.2) is 36.2 Å². The molecule has 0 aliphatic rings. The third-order valence-corrected chi connectivity index (χ3v) is 9.66. The van der Waals surface area contributed by atoms with Gasteiger partial charge in [-0.15, -0.1) is 20.5 Å². The summed E-state index contributed by atoms with van der Waals surface area (Å²) in [7, 11) is -10.2. The van der Waals surface area contributed by atoms with E-state index in [1.54, 1.807) is 0 Å². The minimum absolute atomic E-state index is 0.0293. The maximum absolute atomic E-state index is 14.3. The quantitative estimate of drug-likeness (QED) is 0.0695. The van der Waals surface area contributed by atoms with Gasteiger partial charge in [-0.1, -0.05) is 60.7 Å². The van der Waals surface area contributed by atoms with Crippen LogP contribution in [0.1, 0.15) is 11.1 Å². The second kappa shape index (κ2) is 13.5. The molecule has 0 amide bonds. The highest BCUT2D eigenvalue weighted by atomic mass is 32.2. The molecule has 0 aromatic heterocycles. The summed E-state index contributed by atoms with van der Waals surface area (Å²) in [6.45, 7) is 0. The Labute approximate surface area is 299 Å². The molecule has 0 heterocycles. The molecular formula is C34H20F6N4O8S2. The Bertz CT molecular complexity index is 2600. The number of alkyl halides is 6. The van der Waals surface area contributed by atoms with Crippen LogP contribution in [0.5, 0.6) is 11.5 Å². The van der Waals surface area contributed by atoms with E-state index in [0.29, 0.717) is 12.1 Å². The van der Waals surface area contributed by atoms with Crippen molar-refractivity contribution >= 4 is 64.5 Å². The van der Waals surface area contributed by atoms with E-state index in [0.717, 1.165) is 36.4 Å². The zero-order valence-corrected chi connectivity index (χ0v) is 28.2. The molecule has 278 valence electrons. The van der Waals surface area contributed by atoms with Gasteiger partial charge in [0.2, 0.25) is 0 Å². The van der Waals surface area contributed by atoms with Crippen LogP contribution >= 0.6 is 0 Å². The third kappa shape index (κ3) is 7.44. The largest absolute Gasteiger partial charge is 0.505 e. The smallest absolute Gasteiger partial charge is 0.418 e. The van der Waals surface area contributed by atoms with Gasteiger partial charge in [0.05, 0.1) is 22.5 Å². The van der Waals surface area contributed by atoms with Gasteiger partial charge in [-0.2, -0.15) is 43.2 Å². The van der Waals surface area contributed by atoms with Crippen molar-refractivity contribution in [1.82, 2.24) is 0 Å². The van der Waals surface area contributed by atoms with Gasteiger partial charge in [-0.3, -0.25) is 9.11 Å². The normalized spacial score (nSPS) is 13.1. The molecule has 6 aromatic carbocycles. The first-order valence-corrected chi connectivity index (χ1v) is 17.7. The van der Waals surface area contributed by atoms with Gasteiger partial charge in [-0.05, 0) is 58.3 Å². The predicted octanol–water partition coefficient (Wildman–Crippen LogP) is 10.4. The first kappa shape index (κ1) is 37.8. The molecule has 0 spiro atoms. The van der Waals surface area contributed by atoms with Crippen molar-refractivity contribution in [2.24, 2.45) is 20.5 Å². The summed E-state index contributed by atoms with van der Waals surface area (Å²) in [5, 5.41) is 35.7. The Hall–Kier alpha value is -5.96. The standard InChI is InChI=1S/C34H20F6N4O8S2/c35-33(36,37)23-13-17(9-11-25(23)41-43-29-27(53(47,48)49)15-19-5-1-3-7-21(19)31(29)45)18-10-12-26(24(14-18)34(38,39)40)42-44-30-28(54(50,51)52)16-20-6-2-4-8-22(20)32(30)46/h1-16,45-46H,(H,47,48,49)(H,50,51,52)/b43-41+,44-42+. The molecule has 12 nitrogen and oxygen atoms in total. The molecule has 0 saturated heterocycles. The van der Waals surface area contributed by atoms with Crippen LogP contribution in [0.4, 0.5) is 49.1 Å². The Morgan fingerprint density at radius 2 is 0.833 bits per heavy atom. The maximum Gasteiger partial charge on any atom is 0.418 e. The predicted molar refractivity (Wildman–Crippen MR) is 181 cm³/mol. The van der Waals surface area contributed by atoms with E-state index in [-0.39, 0.29) is 21.5 Å². The highest BCUT2D eigenvalue weighted by molar-refractivity contribution is 7.86. The molecule has 54 heavy (non-hydrogen) atoms. The molecule has 0 radical (unpaired) electrons. The number of nitrogens with zero attached hydrogens (tertiary/aromatic N) is 4. The topological polar surface area (TPSA) is 199 Å². The monoisotopic (exact) mass is 790 g/mol. The van der Waals surface area contributed by atoms with Crippen LogP contribution < -0.4 is 0 Å². The van der Waals surface area contributed by atoms with Crippen LogP contribution in [0.2, 0.25) is 0 Å². The van der Waals surface area contributed by atoms with Crippen molar-refractivity contribution in [1.29, 1.82) is 0 Å². The van der Waals surface area contributed by atoms with Crippen molar-refractivity contribution in [3.05, 3.63) is 108 Å². The molecule has 0 aliphatic heterocycles. The lowest BCUT2D eigenvalue weighted by Crippen LogP contribution is -2.07. The van der Waals surface area contributed by atoms with Gasteiger partial charge in [0, 0.05) is 10.8 Å². The summed E-state index contributed by atoms with van der Waals surface area (Å²) < 4.78 is 153. The molecule has 0 aliphatic carbocycles. The molecule has 6 rings (SSSR count). The number of phenols is 2. The average molecular weight is 791 g/mol. The molecule has 0 fully saturated rings. The second-order valence-corrected chi connectivity index (χ2v) is 14.2. The first-order valence-electron chi connectivity index (χ1n) is 14.9. The van der Waals surface area contributed by atoms with Crippen molar-refractivity contribution in [3.63, 3.8) is 0 Å². The Balaban J connectivity index is 1.44. The fraction of sp³-hybridized carbons (Fsp3) is 0.0588. The summed E-state index contributed by atoms with van der Waals surface area (Å²) in [6.07, 6.45) is -10.4. The van der Waals surface area contributed by atoms with E-state index < -0.39 is 98.9 Å². The van der Waals surface area contributed by atoms with Crippen molar-refractivity contribution in [2.45, 2.75) is 22.1 Å². The lowest BCUT2D eigenvalue weighted by atomic mass is 9.99. The summed E-state index contributed by atoms with van der Waals surface area (Å²) in [5.74, 6) is -1.65. The van der Waals surface area contributed by atoms with Gasteiger partial charge in [-0.25, -0.2) is 0 Å². The summed E-state index contributed by atoms with van der Waals surface area (Å²) >= 11 is 0. The van der Waals surface area contributed by atoms with Gasteiger partial charge < -0.3 is 10.2 Å². The van der Waals surface area contributed by atoms with Crippen molar-refractivity contribution in [2.75, 3.05) is 0 Å². The van der Waals surface area contributed by atoms with Gasteiger partial charge in [0.15, 0.2) is 11.5 Å². The fourth-order valence-corrected chi connectivity index (χ4v) is 6.75. The number of benzene rings is 6. The molecular weight excluding hydrogens is 771 g/mol. The van der Waals surface area contributed by atoms with Gasteiger partial charge in [0.1, 0.15) is 21.2 Å². The zero-order chi connectivity index (χ0) is 39.4. The Kier molecular flexibility index (Phi) is 9.42. The highest BCUT2D eigenvalue weighted by Gasteiger charge is 2.36. The zero-order valence-electron chi connectivity index (χ0n) is 26.5. The SMILES string of the molecule is O=S(=O)(O)c1cc2ccccc2c(O)c1/N=N/c1ccc(-c2ccc(/N=N/c3c(S(=O)(=O)O)cc4ccccc4c3O)c(C(F)(F)F)c2)cc1C(F)(F)F. The lowest BCUT2D eigenvalue weighted by Gasteiger charge is -2.15. The number of azo groups is 2. The molecule has 0 unspecified atom stereocenters. The molecule has 0 saturated carbocycles. The third-order valence-electron chi connectivity index (χ3n) is 7.93. The molecule has 6 aromatic rings. The van der Waals surface area contributed by atoms with E-state index >= 15 is 0 Å². The number of fused-ring (bicyclic) bond motifs is 2. The van der Waals surface area contributed by atoms with E-state index in [9.17, 15) is 62.5 Å². The number of hydrogen-bond acceptors (Lipinski definition) is 10. The van der Waals surface area contributed by atoms with Crippen LogP contribution in [0.15, 0.2) is 127 Å². The minimum Gasteiger partial charge on any atom is -0.505 e. The number of rotatable bonds is 7. The van der Waals surface area contributed by atoms with Gasteiger partial charge in [0.25, 0.3) is 20.2 Å². The average Bonchev–Trinajstić information content (AvgIpc) is 3.09. The summed E-state index contributed by atoms with van der Waals surface area (Å²) in [4.78, 5) is -1.93. The van der Waals surface area contributed by atoms with Crippen LogP contribution in [0, 0.1) is 0 Å².